The van der Waals surface area contributed by atoms with E-state index in [9.17, 15) is 39.3 Å². The van der Waals surface area contributed by atoms with Crippen molar-refractivity contribution in [3.63, 3.8) is 0 Å². The molecular weight excluding hydrogens is 814 g/mol. The van der Waals surface area contributed by atoms with Crippen LogP contribution in [0.15, 0.2) is 64.3 Å². The van der Waals surface area contributed by atoms with Crippen molar-refractivity contribution in [3.05, 3.63) is 71.2 Å². The van der Waals surface area contributed by atoms with Crippen LogP contribution >= 0.6 is 0 Å². The van der Waals surface area contributed by atoms with E-state index in [4.69, 9.17) is 37.6 Å². The predicted octanol–water partition coefficient (Wildman–Crippen LogP) is 4.03. The van der Waals surface area contributed by atoms with Crippen LogP contribution in [0.1, 0.15) is 97.3 Å². The third kappa shape index (κ3) is 7.97. The Morgan fingerprint density at radius 2 is 1.68 bits per heavy atom. The first kappa shape index (κ1) is 46.2. The fourth-order valence-corrected chi connectivity index (χ4v) is 9.65. The second-order valence-corrected chi connectivity index (χ2v) is 18.0. The molecule has 4 aliphatic rings. The number of nitrogens with one attached hydrogen (secondary N) is 1. The Balaban J connectivity index is 1.55. The van der Waals surface area contributed by atoms with E-state index in [0.717, 1.165) is 6.92 Å². The van der Waals surface area contributed by atoms with Crippen molar-refractivity contribution in [1.29, 1.82) is 0 Å². The van der Waals surface area contributed by atoms with Crippen LogP contribution in [0, 0.1) is 16.7 Å². The lowest BCUT2D eigenvalue weighted by atomic mass is 9.44. The number of ketones is 1. The van der Waals surface area contributed by atoms with E-state index in [2.05, 4.69) is 5.32 Å². The highest BCUT2D eigenvalue weighted by Gasteiger charge is 2.78. The van der Waals surface area contributed by atoms with Gasteiger partial charge < -0.3 is 58.2 Å². The van der Waals surface area contributed by atoms with E-state index in [1.54, 1.807) is 39.0 Å². The SMILES string of the molecule is CCOC(=O)O[C@H]1C(=O)[C@@]2(C)C([C@H](OC(=O)c3ccccc3)[C@]3(O)C[C@H](OC(=O)[C@H](O)[C@@H](NC(=O)OC(C)(C)C)c4ccco4)C(C)=C1C3(C)C)[C@]1(OC(C)=O)CO[C@@H]1C[C@@H]2O. The van der Waals surface area contributed by atoms with Crippen molar-refractivity contribution in [2.45, 2.75) is 135 Å². The van der Waals surface area contributed by atoms with E-state index >= 15 is 4.79 Å². The number of carbonyl (C=O) groups excluding carboxylic acids is 6. The molecule has 1 aromatic carbocycles. The van der Waals surface area contributed by atoms with Gasteiger partial charge in [-0.2, -0.15) is 0 Å². The van der Waals surface area contributed by atoms with E-state index in [-0.39, 0.29) is 42.1 Å². The van der Waals surface area contributed by atoms with Gasteiger partial charge in [-0.1, -0.05) is 32.0 Å². The number of Topliss-reactive ketones (excluding diaryl/α,β-unsaturated/α-hetero) is 1. The number of benzene rings is 1. The number of aliphatic hydroxyl groups excluding tert-OH is 2. The summed E-state index contributed by atoms with van der Waals surface area (Å²) >= 11 is 0. The fourth-order valence-electron chi connectivity index (χ4n) is 9.65. The average molecular weight is 870 g/mol. The third-order valence-electron chi connectivity index (χ3n) is 12.7. The van der Waals surface area contributed by atoms with Crippen LogP contribution in [0.3, 0.4) is 0 Å². The standard InChI is InChI=1S/C44H55NO17/c1-10-55-39(53)59-32-29-22(2)26(58-37(51)31(48)30(25-17-14-18-56-25)45-38(52)62-40(4,5)6)20-44(54,41(29,7)8)35(60-36(50)24-15-12-11-13-16-24)33-42(9,34(32)49)27(47)19-28-43(33,21-57-28)61-23(3)46/h11-18,26-28,30-33,35,47-48,54H,10,19-21H2,1-9H3,(H,45,52)/t26-,27-,28+,30-,31+,32+,33?,35-,42+,43-,44+/m0/s1. The lowest BCUT2D eigenvalue weighted by Gasteiger charge is -2.67. The molecule has 2 heterocycles. The second-order valence-electron chi connectivity index (χ2n) is 18.0. The molecule has 2 aromatic rings. The van der Waals surface area contributed by atoms with E-state index in [1.807, 2.05) is 0 Å². The first-order valence-corrected chi connectivity index (χ1v) is 20.4. The zero-order chi connectivity index (χ0) is 45.7. The molecular formula is C44H55NO17. The number of fused-ring (bicyclic) bond motifs is 5. The number of hydrogen-bond donors (Lipinski definition) is 4. The Morgan fingerprint density at radius 3 is 2.24 bits per heavy atom. The van der Waals surface area contributed by atoms with Gasteiger partial charge in [-0.3, -0.25) is 9.59 Å². The summed E-state index contributed by atoms with van der Waals surface area (Å²) in [7, 11) is 0. The molecule has 4 N–H and O–H groups in total. The third-order valence-corrected chi connectivity index (χ3v) is 12.7. The van der Waals surface area contributed by atoms with Crippen molar-refractivity contribution in [2.24, 2.45) is 16.7 Å². The largest absolute Gasteiger partial charge is 0.509 e. The summed E-state index contributed by atoms with van der Waals surface area (Å²) in [5.41, 5.74) is -9.04. The maximum atomic E-state index is 15.6. The van der Waals surface area contributed by atoms with Gasteiger partial charge in [-0.05, 0) is 77.0 Å². The Morgan fingerprint density at radius 1 is 1.00 bits per heavy atom. The summed E-state index contributed by atoms with van der Waals surface area (Å²) in [6.45, 7) is 12.8. The number of amides is 1. The number of esters is 3. The smallest absolute Gasteiger partial charge is 0.467 e. The number of alkyl carbamates (subject to hydrolysis) is 1. The van der Waals surface area contributed by atoms with Crippen molar-refractivity contribution < 1.29 is 81.7 Å². The molecule has 62 heavy (non-hydrogen) atoms. The average Bonchev–Trinajstić information content (AvgIpc) is 3.72. The van der Waals surface area contributed by atoms with Gasteiger partial charge in [-0.15, -0.1) is 0 Å². The molecule has 1 aliphatic heterocycles. The van der Waals surface area contributed by atoms with Crippen molar-refractivity contribution in [2.75, 3.05) is 13.2 Å². The van der Waals surface area contributed by atoms with Crippen molar-refractivity contribution >= 4 is 35.9 Å². The van der Waals surface area contributed by atoms with Crippen LogP contribution in [0.25, 0.3) is 0 Å². The molecule has 1 unspecified atom stereocenters. The van der Waals surface area contributed by atoms with Gasteiger partial charge in [0.25, 0.3) is 0 Å². The minimum Gasteiger partial charge on any atom is -0.467 e. The summed E-state index contributed by atoms with van der Waals surface area (Å²) in [6.07, 6.45) is -12.1. The minimum absolute atomic E-state index is 0.0436. The summed E-state index contributed by atoms with van der Waals surface area (Å²) in [5.74, 6) is -5.69. The predicted molar refractivity (Wildman–Crippen MR) is 212 cm³/mol. The van der Waals surface area contributed by atoms with Crippen molar-refractivity contribution in [3.8, 4) is 0 Å². The topological polar surface area (TPSA) is 253 Å². The number of ether oxygens (including phenoxy) is 7. The first-order chi connectivity index (χ1) is 28.9. The summed E-state index contributed by atoms with van der Waals surface area (Å²) in [4.78, 5) is 83.2. The Bertz CT molecular complexity index is 2090. The van der Waals surface area contributed by atoms with Crippen LogP contribution in [0.5, 0.6) is 0 Å². The second kappa shape index (κ2) is 16.8. The number of rotatable bonds is 10. The number of furan rings is 1. The van der Waals surface area contributed by atoms with Gasteiger partial charge in [-0.25, -0.2) is 19.2 Å². The quantitative estimate of drug-likeness (QED) is 0.149. The summed E-state index contributed by atoms with van der Waals surface area (Å²) < 4.78 is 46.0. The fraction of sp³-hybridized carbons (Fsp3) is 0.591. The Labute approximate surface area is 358 Å². The Kier molecular flexibility index (Phi) is 12.5. The highest BCUT2D eigenvalue weighted by atomic mass is 16.7. The molecule has 338 valence electrons. The molecule has 2 bridgehead atoms. The maximum Gasteiger partial charge on any atom is 0.509 e. The van der Waals surface area contributed by atoms with Gasteiger partial charge in [0.2, 0.25) is 0 Å². The monoisotopic (exact) mass is 869 g/mol. The van der Waals surface area contributed by atoms with Gasteiger partial charge in [0.1, 0.15) is 41.3 Å². The minimum atomic E-state index is -2.45. The molecule has 1 amide bonds. The normalized spacial score (nSPS) is 32.2. The number of hydrogen-bond acceptors (Lipinski definition) is 17. The molecule has 11 atom stereocenters. The molecule has 1 saturated heterocycles. The molecule has 18 heteroatoms. The molecule has 0 radical (unpaired) electrons. The van der Waals surface area contributed by atoms with E-state index < -0.39 is 119 Å². The van der Waals surface area contributed by atoms with Gasteiger partial charge >= 0.3 is 30.2 Å². The summed E-state index contributed by atoms with van der Waals surface area (Å²) in [5, 5.41) is 39.8. The molecule has 6 rings (SSSR count). The van der Waals surface area contributed by atoms with Crippen LogP contribution in [0.4, 0.5) is 9.59 Å². The summed E-state index contributed by atoms with van der Waals surface area (Å²) in [6, 6.07) is 9.06. The zero-order valence-electron chi connectivity index (χ0n) is 36.1. The van der Waals surface area contributed by atoms with Crippen molar-refractivity contribution in [1.82, 2.24) is 5.32 Å². The van der Waals surface area contributed by atoms with Gasteiger partial charge in [0, 0.05) is 25.2 Å². The Hall–Kier alpha value is -5.30. The molecule has 0 spiro atoms. The molecule has 2 saturated carbocycles. The molecule has 3 fully saturated rings. The lowest BCUT2D eigenvalue weighted by Crippen LogP contribution is -2.82. The molecule has 3 aliphatic carbocycles. The van der Waals surface area contributed by atoms with Crippen LogP contribution in [-0.2, 0) is 47.5 Å². The van der Waals surface area contributed by atoms with E-state index in [0.29, 0.717) is 0 Å². The van der Waals surface area contributed by atoms with E-state index in [1.165, 1.54) is 65.1 Å². The molecule has 18 nitrogen and oxygen atoms in total. The number of aliphatic hydroxyl groups is 3. The first-order valence-electron chi connectivity index (χ1n) is 20.4. The highest BCUT2D eigenvalue weighted by Crippen LogP contribution is 2.64. The molecule has 1 aromatic heterocycles. The van der Waals surface area contributed by atoms with Crippen LogP contribution in [-0.4, -0.2) is 118 Å². The van der Waals surface area contributed by atoms with Gasteiger partial charge in [0.05, 0.1) is 42.5 Å². The van der Waals surface area contributed by atoms with Crippen LogP contribution in [0.2, 0.25) is 0 Å². The van der Waals surface area contributed by atoms with Gasteiger partial charge in [0.15, 0.2) is 23.6 Å². The lowest BCUT2D eigenvalue weighted by molar-refractivity contribution is -0.346. The maximum absolute atomic E-state index is 15.6. The number of carbonyl (C=O) groups is 6. The highest BCUT2D eigenvalue weighted by molar-refractivity contribution is 5.95. The zero-order valence-corrected chi connectivity index (χ0v) is 36.1. The van der Waals surface area contributed by atoms with Crippen LogP contribution < -0.4 is 5.32 Å².